The first kappa shape index (κ1) is 19.4. The van der Waals surface area contributed by atoms with Crippen LogP contribution in [-0.2, 0) is 0 Å². The Morgan fingerprint density at radius 2 is 1.70 bits per heavy atom. The van der Waals surface area contributed by atoms with Crippen LogP contribution in [-0.4, -0.2) is 17.4 Å². The molecule has 0 aliphatic heterocycles. The lowest BCUT2D eigenvalue weighted by Gasteiger charge is -2.09. The average Bonchev–Trinajstić information content (AvgIpc) is 2.67. The number of rotatable bonds is 6. The van der Waals surface area contributed by atoms with Gasteiger partial charge in [0.05, 0.1) is 5.75 Å². The minimum Gasteiger partial charge on any atom is -0.322 e. The predicted octanol–water partition coefficient (Wildman–Crippen LogP) is 5.98. The first-order valence-electron chi connectivity index (χ1n) is 8.41. The zero-order chi connectivity index (χ0) is 19.2. The molecular formula is C22H18BrNO2S. The monoisotopic (exact) mass is 439 g/mol. The second-order valence-corrected chi connectivity index (χ2v) is 7.98. The molecule has 0 aliphatic carbocycles. The van der Waals surface area contributed by atoms with Crippen LogP contribution in [0.5, 0.6) is 0 Å². The van der Waals surface area contributed by atoms with E-state index >= 15 is 0 Å². The number of carbonyl (C=O) groups is 2. The van der Waals surface area contributed by atoms with Crippen molar-refractivity contribution in [1.82, 2.24) is 0 Å². The van der Waals surface area contributed by atoms with E-state index in [4.69, 9.17) is 0 Å². The lowest BCUT2D eigenvalue weighted by Crippen LogP contribution is -2.13. The molecule has 136 valence electrons. The number of anilines is 1. The van der Waals surface area contributed by atoms with Gasteiger partial charge >= 0.3 is 0 Å². The minimum atomic E-state index is -0.138. The van der Waals surface area contributed by atoms with Crippen LogP contribution in [0.4, 0.5) is 5.69 Å². The second-order valence-electron chi connectivity index (χ2n) is 6.02. The number of thioether (sulfide) groups is 1. The van der Waals surface area contributed by atoms with E-state index in [0.29, 0.717) is 22.6 Å². The van der Waals surface area contributed by atoms with Crippen LogP contribution in [0.15, 0.2) is 82.2 Å². The maximum Gasteiger partial charge on any atom is 0.255 e. The number of benzene rings is 3. The molecule has 27 heavy (non-hydrogen) atoms. The van der Waals surface area contributed by atoms with Crippen LogP contribution in [0.1, 0.15) is 26.3 Å². The molecule has 1 N–H and O–H groups in total. The highest BCUT2D eigenvalue weighted by atomic mass is 79.9. The molecule has 0 unspecified atom stereocenters. The topological polar surface area (TPSA) is 46.2 Å². The van der Waals surface area contributed by atoms with E-state index in [-0.39, 0.29) is 11.7 Å². The Bertz CT molecular complexity index is 970. The van der Waals surface area contributed by atoms with Crippen LogP contribution in [0.25, 0.3) is 0 Å². The Balaban J connectivity index is 1.63. The first-order chi connectivity index (χ1) is 13.0. The highest BCUT2D eigenvalue weighted by molar-refractivity contribution is 9.10. The fourth-order valence-electron chi connectivity index (χ4n) is 2.56. The van der Waals surface area contributed by atoms with Gasteiger partial charge in [0.1, 0.15) is 0 Å². The zero-order valence-corrected chi connectivity index (χ0v) is 17.1. The van der Waals surface area contributed by atoms with Crippen LogP contribution in [0, 0.1) is 6.92 Å². The summed E-state index contributed by atoms with van der Waals surface area (Å²) in [4.78, 5) is 25.7. The molecule has 1 amide bonds. The number of halogens is 1. The Hall–Kier alpha value is -2.37. The molecule has 3 rings (SSSR count). The normalized spacial score (nSPS) is 10.4. The molecule has 3 aromatic carbocycles. The largest absolute Gasteiger partial charge is 0.322 e. The predicted molar refractivity (Wildman–Crippen MR) is 115 cm³/mol. The highest BCUT2D eigenvalue weighted by Crippen LogP contribution is 2.23. The maximum absolute atomic E-state index is 12.4. The fraction of sp³-hybridized carbons (Fsp3) is 0.0909. The summed E-state index contributed by atoms with van der Waals surface area (Å²) in [6, 6.07) is 22.4. The van der Waals surface area contributed by atoms with E-state index in [9.17, 15) is 9.59 Å². The fourth-order valence-corrected chi connectivity index (χ4v) is 3.67. The summed E-state index contributed by atoms with van der Waals surface area (Å²) in [5, 5.41) is 2.92. The highest BCUT2D eigenvalue weighted by Gasteiger charge is 2.10. The van der Waals surface area contributed by atoms with E-state index < -0.39 is 0 Å². The third kappa shape index (κ3) is 5.31. The molecule has 0 atom stereocenters. The van der Waals surface area contributed by atoms with Crippen LogP contribution >= 0.6 is 27.7 Å². The summed E-state index contributed by atoms with van der Waals surface area (Å²) in [6.45, 7) is 1.91. The lowest BCUT2D eigenvalue weighted by molar-refractivity contribution is 0.101. The molecule has 0 bridgehead atoms. The van der Waals surface area contributed by atoms with Gasteiger partial charge in [-0.25, -0.2) is 0 Å². The van der Waals surface area contributed by atoms with Crippen molar-refractivity contribution in [3.05, 3.63) is 94.0 Å². The van der Waals surface area contributed by atoms with Gasteiger partial charge in [0.15, 0.2) is 5.78 Å². The molecule has 5 heteroatoms. The lowest BCUT2D eigenvalue weighted by atomic mass is 10.1. The first-order valence-corrected chi connectivity index (χ1v) is 10.2. The maximum atomic E-state index is 12.4. The van der Waals surface area contributed by atoms with E-state index in [1.54, 1.807) is 6.07 Å². The van der Waals surface area contributed by atoms with Crippen LogP contribution < -0.4 is 5.32 Å². The number of nitrogens with one attached hydrogen (secondary N) is 1. The average molecular weight is 440 g/mol. The smallest absolute Gasteiger partial charge is 0.255 e. The van der Waals surface area contributed by atoms with E-state index in [1.165, 1.54) is 11.8 Å². The summed E-state index contributed by atoms with van der Waals surface area (Å²) in [5.74, 6) is 0.277. The van der Waals surface area contributed by atoms with Gasteiger partial charge in [-0.05, 0) is 48.9 Å². The molecule has 0 spiro atoms. The van der Waals surface area contributed by atoms with Gasteiger partial charge in [0.2, 0.25) is 0 Å². The number of amides is 1. The molecular weight excluding hydrogens is 422 g/mol. The number of hydrogen-bond acceptors (Lipinski definition) is 3. The second kappa shape index (κ2) is 9.02. The summed E-state index contributed by atoms with van der Waals surface area (Å²) < 4.78 is 0.948. The Labute approximate surface area is 171 Å². The summed E-state index contributed by atoms with van der Waals surface area (Å²) in [6.07, 6.45) is 0. The minimum absolute atomic E-state index is 0.0712. The van der Waals surface area contributed by atoms with Crippen molar-refractivity contribution < 1.29 is 9.59 Å². The Morgan fingerprint density at radius 3 is 2.44 bits per heavy atom. The molecule has 0 saturated carbocycles. The van der Waals surface area contributed by atoms with Gasteiger partial charge in [0.25, 0.3) is 5.91 Å². The number of Topliss-reactive ketones (excluding diaryl/α,β-unsaturated/α-hetero) is 1. The quantitative estimate of drug-likeness (QED) is 0.379. The number of carbonyl (C=O) groups excluding carboxylic acids is 2. The van der Waals surface area contributed by atoms with Crippen LogP contribution in [0.3, 0.4) is 0 Å². The molecule has 3 aromatic rings. The van der Waals surface area contributed by atoms with Gasteiger partial charge in [-0.15, -0.1) is 11.8 Å². The molecule has 0 aliphatic rings. The number of ketones is 1. The third-order valence-electron chi connectivity index (χ3n) is 4.02. The summed E-state index contributed by atoms with van der Waals surface area (Å²) in [7, 11) is 0. The molecule has 0 radical (unpaired) electrons. The van der Waals surface area contributed by atoms with E-state index in [2.05, 4.69) is 21.2 Å². The van der Waals surface area contributed by atoms with Crippen molar-refractivity contribution in [1.29, 1.82) is 0 Å². The molecule has 0 fully saturated rings. The van der Waals surface area contributed by atoms with Crippen molar-refractivity contribution in [2.75, 3.05) is 11.1 Å². The third-order valence-corrected chi connectivity index (χ3v) is 5.54. The van der Waals surface area contributed by atoms with Gasteiger partial charge < -0.3 is 5.32 Å². The van der Waals surface area contributed by atoms with Crippen molar-refractivity contribution in [3.63, 3.8) is 0 Å². The summed E-state index contributed by atoms with van der Waals surface area (Å²) in [5.41, 5.74) is 2.99. The van der Waals surface area contributed by atoms with Crippen molar-refractivity contribution >= 4 is 45.1 Å². The zero-order valence-electron chi connectivity index (χ0n) is 14.7. The molecule has 0 aromatic heterocycles. The SMILES string of the molecule is Cc1ccccc1C(=O)Nc1cccc(SCC(=O)c2ccc(Br)cc2)c1. The van der Waals surface area contributed by atoms with Gasteiger partial charge in [0, 0.05) is 26.2 Å². The number of aryl methyl sites for hydroxylation is 1. The Morgan fingerprint density at radius 1 is 0.963 bits per heavy atom. The molecule has 0 saturated heterocycles. The molecule has 0 heterocycles. The van der Waals surface area contributed by atoms with E-state index in [0.717, 1.165) is 14.9 Å². The van der Waals surface area contributed by atoms with Crippen LogP contribution in [0.2, 0.25) is 0 Å². The van der Waals surface area contributed by atoms with Gasteiger partial charge in [-0.3, -0.25) is 9.59 Å². The van der Waals surface area contributed by atoms with Crippen molar-refractivity contribution in [2.45, 2.75) is 11.8 Å². The van der Waals surface area contributed by atoms with Crippen molar-refractivity contribution in [3.8, 4) is 0 Å². The number of hydrogen-bond donors (Lipinski definition) is 1. The molecule has 3 nitrogen and oxygen atoms in total. The Kier molecular flexibility index (Phi) is 6.48. The standard InChI is InChI=1S/C22H18BrNO2S/c1-15-5-2-3-8-20(15)22(26)24-18-6-4-7-19(13-18)27-14-21(25)16-9-11-17(23)12-10-16/h2-13H,14H2,1H3,(H,24,26). The summed E-state index contributed by atoms with van der Waals surface area (Å²) >= 11 is 4.82. The van der Waals surface area contributed by atoms with Gasteiger partial charge in [-0.2, -0.15) is 0 Å². The van der Waals surface area contributed by atoms with Crippen molar-refractivity contribution in [2.24, 2.45) is 0 Å². The van der Waals surface area contributed by atoms with E-state index in [1.807, 2.05) is 73.7 Å². The van der Waals surface area contributed by atoms with Gasteiger partial charge in [-0.1, -0.05) is 52.3 Å².